The molecule has 10 heteroatoms. The van der Waals surface area contributed by atoms with Gasteiger partial charge in [0.1, 0.15) is 12.1 Å². The molecule has 0 atom stereocenters. The van der Waals surface area contributed by atoms with Crippen molar-refractivity contribution in [2.45, 2.75) is 6.54 Å². The van der Waals surface area contributed by atoms with Crippen molar-refractivity contribution in [3.8, 4) is 0 Å². The van der Waals surface area contributed by atoms with Crippen LogP contribution in [-0.2, 0) is 25.7 Å². The SMILES string of the molecule is COC(=O)Cn1cc(/C=C2\C(=O)NC(=S)N(c3ccc(Cl)c(Cl)c3)C2=O)c2ccccc21. The van der Waals surface area contributed by atoms with Gasteiger partial charge in [-0.05, 0) is 42.6 Å². The van der Waals surface area contributed by atoms with Gasteiger partial charge >= 0.3 is 5.97 Å². The summed E-state index contributed by atoms with van der Waals surface area (Å²) in [6, 6.07) is 11.9. The van der Waals surface area contributed by atoms with Crippen LogP contribution >= 0.6 is 35.4 Å². The molecule has 2 amide bonds. The van der Waals surface area contributed by atoms with Crippen LogP contribution < -0.4 is 10.2 Å². The first-order valence-electron chi connectivity index (χ1n) is 9.31. The Balaban J connectivity index is 1.79. The van der Waals surface area contributed by atoms with Crippen LogP contribution in [0, 0.1) is 0 Å². The molecule has 1 aliphatic rings. The van der Waals surface area contributed by atoms with Gasteiger partial charge in [-0.1, -0.05) is 41.4 Å². The highest BCUT2D eigenvalue weighted by molar-refractivity contribution is 7.80. The zero-order valence-electron chi connectivity index (χ0n) is 16.6. The predicted molar refractivity (Wildman–Crippen MR) is 127 cm³/mol. The molecule has 3 aromatic rings. The van der Waals surface area contributed by atoms with E-state index in [0.29, 0.717) is 16.3 Å². The highest BCUT2D eigenvalue weighted by Gasteiger charge is 2.35. The van der Waals surface area contributed by atoms with Crippen molar-refractivity contribution in [3.63, 3.8) is 0 Å². The lowest BCUT2D eigenvalue weighted by molar-refractivity contribution is -0.141. The van der Waals surface area contributed by atoms with Gasteiger partial charge in [-0.25, -0.2) is 0 Å². The van der Waals surface area contributed by atoms with E-state index < -0.39 is 17.8 Å². The van der Waals surface area contributed by atoms with E-state index in [1.807, 2.05) is 24.3 Å². The molecule has 0 bridgehead atoms. The number of thiocarbonyl (C=S) groups is 1. The summed E-state index contributed by atoms with van der Waals surface area (Å²) in [7, 11) is 1.31. The summed E-state index contributed by atoms with van der Waals surface area (Å²) < 4.78 is 6.45. The number of esters is 1. The summed E-state index contributed by atoms with van der Waals surface area (Å²) in [4.78, 5) is 38.9. The Morgan fingerprint density at radius 2 is 1.91 bits per heavy atom. The van der Waals surface area contributed by atoms with Gasteiger partial charge < -0.3 is 9.30 Å². The number of carbonyl (C=O) groups excluding carboxylic acids is 3. The lowest BCUT2D eigenvalue weighted by atomic mass is 10.1. The summed E-state index contributed by atoms with van der Waals surface area (Å²) in [6.07, 6.45) is 3.16. The molecular formula is C22H15Cl2N3O4S. The fourth-order valence-electron chi connectivity index (χ4n) is 3.40. The molecule has 0 radical (unpaired) electrons. The normalized spacial score (nSPS) is 15.4. The van der Waals surface area contributed by atoms with Crippen molar-refractivity contribution < 1.29 is 19.1 Å². The molecule has 1 aliphatic heterocycles. The monoisotopic (exact) mass is 487 g/mol. The number of hydrogen-bond acceptors (Lipinski definition) is 5. The number of rotatable bonds is 4. The third kappa shape index (κ3) is 4.00. The summed E-state index contributed by atoms with van der Waals surface area (Å²) in [5, 5.41) is 3.79. The Morgan fingerprint density at radius 3 is 2.62 bits per heavy atom. The fourth-order valence-corrected chi connectivity index (χ4v) is 3.97. The minimum Gasteiger partial charge on any atom is -0.468 e. The Kier molecular flexibility index (Phi) is 6.01. The minimum absolute atomic E-state index is 0.0141. The maximum atomic E-state index is 13.3. The van der Waals surface area contributed by atoms with Gasteiger partial charge in [-0.3, -0.25) is 24.6 Å². The van der Waals surface area contributed by atoms with Gasteiger partial charge in [0.05, 0.1) is 22.8 Å². The number of amides is 2. The maximum absolute atomic E-state index is 13.3. The largest absolute Gasteiger partial charge is 0.468 e. The molecule has 2 aromatic carbocycles. The Bertz CT molecular complexity index is 1330. The number of anilines is 1. The van der Waals surface area contributed by atoms with Crippen molar-refractivity contribution in [3.05, 3.63) is 69.8 Å². The van der Waals surface area contributed by atoms with Gasteiger partial charge in [0, 0.05) is 22.7 Å². The lowest BCUT2D eigenvalue weighted by Gasteiger charge is -2.29. The fraction of sp³-hybridized carbons (Fsp3) is 0.0909. The zero-order chi connectivity index (χ0) is 23.0. The number of nitrogens with one attached hydrogen (secondary N) is 1. The first-order valence-corrected chi connectivity index (χ1v) is 10.5. The number of hydrogen-bond donors (Lipinski definition) is 1. The standard InChI is InChI=1S/C22H15Cl2N3O4S/c1-31-19(28)11-26-10-12(14-4-2-3-5-18(14)26)8-15-20(29)25-22(32)27(21(15)30)13-6-7-16(23)17(24)9-13/h2-10H,11H2,1H3,(H,25,29,32)/b15-8+. The van der Waals surface area contributed by atoms with Crippen molar-refractivity contribution in [1.29, 1.82) is 0 Å². The van der Waals surface area contributed by atoms with Crippen LogP contribution in [0.3, 0.4) is 0 Å². The van der Waals surface area contributed by atoms with Gasteiger partial charge in [0.15, 0.2) is 5.11 Å². The third-order valence-corrected chi connectivity index (χ3v) is 5.93. The van der Waals surface area contributed by atoms with E-state index in [4.69, 9.17) is 40.2 Å². The highest BCUT2D eigenvalue weighted by atomic mass is 35.5. The van der Waals surface area contributed by atoms with Crippen LogP contribution in [-0.4, -0.2) is 34.6 Å². The number of carbonyl (C=O) groups is 3. The molecule has 32 heavy (non-hydrogen) atoms. The predicted octanol–water partition coefficient (Wildman–Crippen LogP) is 3.95. The molecule has 1 saturated heterocycles. The van der Waals surface area contributed by atoms with E-state index >= 15 is 0 Å². The maximum Gasteiger partial charge on any atom is 0.325 e. The quantitative estimate of drug-likeness (QED) is 0.260. The van der Waals surface area contributed by atoms with Crippen LogP contribution in [0.5, 0.6) is 0 Å². The lowest BCUT2D eigenvalue weighted by Crippen LogP contribution is -2.54. The first kappa shape index (κ1) is 22.0. The summed E-state index contributed by atoms with van der Waals surface area (Å²) in [5.41, 5.74) is 1.59. The molecule has 0 spiro atoms. The van der Waals surface area contributed by atoms with Crippen LogP contribution in [0.25, 0.3) is 17.0 Å². The number of ether oxygens (including phenoxy) is 1. The summed E-state index contributed by atoms with van der Waals surface area (Å²) in [5.74, 6) is -1.66. The number of methoxy groups -OCH3 is 1. The molecule has 7 nitrogen and oxygen atoms in total. The number of fused-ring (bicyclic) bond motifs is 1. The van der Waals surface area contributed by atoms with Crippen molar-refractivity contribution >= 4 is 81.0 Å². The average Bonchev–Trinajstić information content (AvgIpc) is 3.10. The second-order valence-corrected chi connectivity index (χ2v) is 8.06. The minimum atomic E-state index is -0.624. The van der Waals surface area contributed by atoms with Gasteiger partial charge in [-0.2, -0.15) is 0 Å². The Hall–Kier alpha value is -3.20. The molecule has 162 valence electrons. The summed E-state index contributed by atoms with van der Waals surface area (Å²) in [6.45, 7) is -0.0141. The highest BCUT2D eigenvalue weighted by Crippen LogP contribution is 2.30. The summed E-state index contributed by atoms with van der Waals surface area (Å²) >= 11 is 17.3. The van der Waals surface area contributed by atoms with E-state index in [-0.39, 0.29) is 22.3 Å². The molecular weight excluding hydrogens is 473 g/mol. The van der Waals surface area contributed by atoms with E-state index in [2.05, 4.69) is 5.32 Å². The number of aromatic nitrogens is 1. The van der Waals surface area contributed by atoms with Gasteiger partial charge in [0.2, 0.25) is 0 Å². The van der Waals surface area contributed by atoms with Crippen LogP contribution in [0.1, 0.15) is 5.56 Å². The van der Waals surface area contributed by atoms with E-state index in [9.17, 15) is 14.4 Å². The van der Waals surface area contributed by atoms with Crippen LogP contribution in [0.4, 0.5) is 5.69 Å². The molecule has 0 aliphatic carbocycles. The van der Waals surface area contributed by atoms with Crippen molar-refractivity contribution in [2.24, 2.45) is 0 Å². The smallest absolute Gasteiger partial charge is 0.325 e. The Morgan fingerprint density at radius 1 is 1.16 bits per heavy atom. The molecule has 1 aromatic heterocycles. The molecule has 1 N–H and O–H groups in total. The van der Waals surface area contributed by atoms with Crippen LogP contribution in [0.15, 0.2) is 54.2 Å². The van der Waals surface area contributed by atoms with E-state index in [1.54, 1.807) is 16.8 Å². The molecule has 1 fully saturated rings. The van der Waals surface area contributed by atoms with Crippen LogP contribution in [0.2, 0.25) is 10.0 Å². The number of benzene rings is 2. The third-order valence-electron chi connectivity index (χ3n) is 4.91. The topological polar surface area (TPSA) is 80.6 Å². The molecule has 0 saturated carbocycles. The number of halogens is 2. The number of para-hydroxylation sites is 1. The average molecular weight is 488 g/mol. The number of nitrogens with zero attached hydrogens (tertiary/aromatic N) is 2. The molecule has 2 heterocycles. The first-order chi connectivity index (χ1) is 15.3. The molecule has 0 unspecified atom stereocenters. The van der Waals surface area contributed by atoms with Crippen molar-refractivity contribution in [1.82, 2.24) is 9.88 Å². The second-order valence-electron chi connectivity index (χ2n) is 6.86. The van der Waals surface area contributed by atoms with E-state index in [1.165, 1.54) is 30.2 Å². The van der Waals surface area contributed by atoms with Crippen molar-refractivity contribution in [2.75, 3.05) is 12.0 Å². The van der Waals surface area contributed by atoms with Gasteiger partial charge in [-0.15, -0.1) is 0 Å². The van der Waals surface area contributed by atoms with Gasteiger partial charge in [0.25, 0.3) is 11.8 Å². The zero-order valence-corrected chi connectivity index (χ0v) is 18.9. The van der Waals surface area contributed by atoms with E-state index in [0.717, 1.165) is 10.9 Å². The Labute approximate surface area is 198 Å². The molecule has 4 rings (SSSR count). The second kappa shape index (κ2) is 8.74.